The van der Waals surface area contributed by atoms with Crippen molar-refractivity contribution in [2.45, 2.75) is 17.8 Å². The molecule has 0 spiro atoms. The van der Waals surface area contributed by atoms with E-state index in [1.807, 2.05) is 0 Å². The van der Waals surface area contributed by atoms with Gasteiger partial charge in [-0.2, -0.15) is 0 Å². The van der Waals surface area contributed by atoms with Gasteiger partial charge >= 0.3 is 0 Å². The van der Waals surface area contributed by atoms with E-state index in [0.29, 0.717) is 5.25 Å². The van der Waals surface area contributed by atoms with E-state index in [9.17, 15) is 0 Å². The molecule has 0 aromatic rings. The van der Waals surface area contributed by atoms with E-state index in [-0.39, 0.29) is 6.10 Å². The summed E-state index contributed by atoms with van der Waals surface area (Å²) in [5.41, 5.74) is 0. The maximum absolute atomic E-state index is 9.08. The summed E-state index contributed by atoms with van der Waals surface area (Å²) in [6, 6.07) is 0. The molecule has 1 rings (SSSR count). The molecule has 0 aromatic heterocycles. The number of hydrogen-bond acceptors (Lipinski definition) is 4. The van der Waals surface area contributed by atoms with Crippen molar-refractivity contribution in [2.24, 2.45) is 5.14 Å². The van der Waals surface area contributed by atoms with E-state index in [0.717, 1.165) is 19.5 Å². The molecule has 1 heterocycles. The fraction of sp³-hybridized carbons (Fsp3) is 1.00. The second kappa shape index (κ2) is 3.41. The van der Waals surface area contributed by atoms with Crippen molar-refractivity contribution in [3.63, 3.8) is 0 Å². The normalized spacial score (nSPS) is 36.7. The van der Waals surface area contributed by atoms with E-state index in [1.165, 1.54) is 11.9 Å². The molecule has 1 saturated heterocycles. The van der Waals surface area contributed by atoms with Crippen molar-refractivity contribution in [2.75, 3.05) is 13.1 Å². The molecule has 4 heteroatoms. The van der Waals surface area contributed by atoms with Gasteiger partial charge in [-0.15, -0.1) is 0 Å². The lowest BCUT2D eigenvalue weighted by Crippen LogP contribution is -2.41. The fourth-order valence-electron chi connectivity index (χ4n) is 0.985. The van der Waals surface area contributed by atoms with Crippen LogP contribution in [0.5, 0.6) is 0 Å². The monoisotopic (exact) mass is 148 g/mol. The van der Waals surface area contributed by atoms with Gasteiger partial charge in [0.1, 0.15) is 0 Å². The number of piperidine rings is 1. The minimum Gasteiger partial charge on any atom is -0.392 e. The Morgan fingerprint density at radius 2 is 2.33 bits per heavy atom. The molecule has 0 aliphatic carbocycles. The minimum atomic E-state index is -0.195. The van der Waals surface area contributed by atoms with E-state index < -0.39 is 0 Å². The fourth-order valence-corrected chi connectivity index (χ4v) is 1.53. The first-order valence-electron chi connectivity index (χ1n) is 3.07. The van der Waals surface area contributed by atoms with Crippen molar-refractivity contribution in [3.05, 3.63) is 0 Å². The lowest BCUT2D eigenvalue weighted by Gasteiger charge is -2.24. The summed E-state index contributed by atoms with van der Waals surface area (Å²) >= 11 is 1.33. The summed E-state index contributed by atoms with van der Waals surface area (Å²) in [4.78, 5) is 0. The van der Waals surface area contributed by atoms with Gasteiger partial charge in [-0.1, -0.05) is 11.9 Å². The van der Waals surface area contributed by atoms with Crippen LogP contribution in [0.3, 0.4) is 0 Å². The number of aliphatic hydroxyl groups is 1. The lowest BCUT2D eigenvalue weighted by atomic mass is 10.1. The molecule has 4 N–H and O–H groups in total. The zero-order valence-corrected chi connectivity index (χ0v) is 6.03. The highest BCUT2D eigenvalue weighted by atomic mass is 32.2. The van der Waals surface area contributed by atoms with E-state index in [2.05, 4.69) is 5.32 Å². The van der Waals surface area contributed by atoms with Crippen LogP contribution in [0, 0.1) is 0 Å². The van der Waals surface area contributed by atoms with Crippen molar-refractivity contribution in [3.8, 4) is 0 Å². The maximum Gasteiger partial charge on any atom is 0.0676 e. The van der Waals surface area contributed by atoms with E-state index in [4.69, 9.17) is 10.2 Å². The van der Waals surface area contributed by atoms with Crippen LogP contribution >= 0.6 is 11.9 Å². The molecule has 1 aliphatic heterocycles. The molecule has 1 fully saturated rings. The Morgan fingerprint density at radius 3 is 2.78 bits per heavy atom. The van der Waals surface area contributed by atoms with Crippen molar-refractivity contribution >= 4 is 11.9 Å². The second-order valence-corrected chi connectivity index (χ2v) is 3.24. The van der Waals surface area contributed by atoms with Gasteiger partial charge in [-0.05, 0) is 6.42 Å². The SMILES string of the molecule is NSC1CNCC(O)C1. The Morgan fingerprint density at radius 1 is 1.56 bits per heavy atom. The molecule has 2 unspecified atom stereocenters. The Balaban J connectivity index is 2.23. The van der Waals surface area contributed by atoms with Gasteiger partial charge in [0.25, 0.3) is 0 Å². The van der Waals surface area contributed by atoms with Crippen LogP contribution in [-0.4, -0.2) is 29.5 Å². The summed E-state index contributed by atoms with van der Waals surface area (Å²) in [7, 11) is 0. The number of aliphatic hydroxyl groups excluding tert-OH is 1. The molecule has 3 nitrogen and oxygen atoms in total. The van der Waals surface area contributed by atoms with Gasteiger partial charge in [-0.25, -0.2) is 0 Å². The van der Waals surface area contributed by atoms with Gasteiger partial charge < -0.3 is 10.4 Å². The van der Waals surface area contributed by atoms with E-state index >= 15 is 0 Å². The molecule has 0 radical (unpaired) electrons. The van der Waals surface area contributed by atoms with Crippen LogP contribution in [0.4, 0.5) is 0 Å². The standard InChI is InChI=1S/C5H12N2OS/c6-9-5-1-4(8)2-7-3-5/h4-5,7-8H,1-3,6H2. The predicted molar refractivity (Wildman–Crippen MR) is 39.1 cm³/mol. The number of nitrogens with one attached hydrogen (secondary N) is 1. The quantitative estimate of drug-likeness (QED) is 0.431. The Labute approximate surface area is 59.1 Å². The molecular weight excluding hydrogens is 136 g/mol. The molecule has 54 valence electrons. The van der Waals surface area contributed by atoms with Gasteiger partial charge in [0.05, 0.1) is 6.10 Å². The van der Waals surface area contributed by atoms with Crippen molar-refractivity contribution in [1.29, 1.82) is 0 Å². The summed E-state index contributed by atoms with van der Waals surface area (Å²) in [6.45, 7) is 1.65. The Kier molecular flexibility index (Phi) is 2.78. The number of β-amino-alcohol motifs (C(OH)–C–C–N with tert-alkyl or cyclic N) is 1. The minimum absolute atomic E-state index is 0.195. The molecule has 0 bridgehead atoms. The number of hydrogen-bond donors (Lipinski definition) is 3. The third kappa shape index (κ3) is 2.14. The highest BCUT2D eigenvalue weighted by molar-refractivity contribution is 7.97. The first kappa shape index (κ1) is 7.34. The Bertz CT molecular complexity index is 91.0. The molecule has 1 aliphatic rings. The highest BCUT2D eigenvalue weighted by Gasteiger charge is 2.18. The topological polar surface area (TPSA) is 58.3 Å². The summed E-state index contributed by atoms with van der Waals surface area (Å²) in [6.07, 6.45) is 0.633. The number of rotatable bonds is 1. The van der Waals surface area contributed by atoms with Crippen LogP contribution in [0.1, 0.15) is 6.42 Å². The number of nitrogens with two attached hydrogens (primary N) is 1. The zero-order valence-electron chi connectivity index (χ0n) is 5.21. The molecule has 0 saturated carbocycles. The van der Waals surface area contributed by atoms with Crippen LogP contribution in [0.2, 0.25) is 0 Å². The first-order chi connectivity index (χ1) is 4.33. The van der Waals surface area contributed by atoms with Gasteiger partial charge in [0.2, 0.25) is 0 Å². The van der Waals surface area contributed by atoms with Gasteiger partial charge in [0, 0.05) is 18.3 Å². The van der Waals surface area contributed by atoms with Gasteiger partial charge in [-0.3, -0.25) is 5.14 Å². The van der Waals surface area contributed by atoms with Crippen LogP contribution in [-0.2, 0) is 0 Å². The average Bonchev–Trinajstić information content (AvgIpc) is 1.88. The predicted octanol–water partition coefficient (Wildman–Crippen LogP) is -0.684. The largest absolute Gasteiger partial charge is 0.392 e. The first-order valence-corrected chi connectivity index (χ1v) is 4.01. The van der Waals surface area contributed by atoms with E-state index in [1.54, 1.807) is 0 Å². The smallest absolute Gasteiger partial charge is 0.0676 e. The molecule has 2 atom stereocenters. The van der Waals surface area contributed by atoms with Crippen molar-refractivity contribution in [1.82, 2.24) is 5.32 Å². The van der Waals surface area contributed by atoms with Crippen LogP contribution < -0.4 is 10.5 Å². The summed E-state index contributed by atoms with van der Waals surface area (Å²) < 4.78 is 0. The van der Waals surface area contributed by atoms with Crippen LogP contribution in [0.25, 0.3) is 0 Å². The lowest BCUT2D eigenvalue weighted by molar-refractivity contribution is 0.145. The zero-order chi connectivity index (χ0) is 6.69. The molecule has 0 amide bonds. The molecule has 0 aromatic carbocycles. The summed E-state index contributed by atoms with van der Waals surface area (Å²) in [5.74, 6) is 0. The van der Waals surface area contributed by atoms with Crippen molar-refractivity contribution < 1.29 is 5.11 Å². The third-order valence-corrected chi connectivity index (χ3v) is 2.22. The highest BCUT2D eigenvalue weighted by Crippen LogP contribution is 2.12. The third-order valence-electron chi connectivity index (χ3n) is 1.48. The summed E-state index contributed by atoms with van der Waals surface area (Å²) in [5, 5.41) is 17.9. The average molecular weight is 148 g/mol. The van der Waals surface area contributed by atoms with Crippen LogP contribution in [0.15, 0.2) is 0 Å². The molecular formula is C5H12N2OS. The Hall–Kier alpha value is 0.230. The second-order valence-electron chi connectivity index (χ2n) is 2.31. The van der Waals surface area contributed by atoms with Gasteiger partial charge in [0.15, 0.2) is 0 Å². The maximum atomic E-state index is 9.08. The molecule has 9 heavy (non-hydrogen) atoms.